The molecule has 1 heterocycles. The topological polar surface area (TPSA) is 73.2 Å². The minimum absolute atomic E-state index is 0.0532. The molecule has 1 fully saturated rings. The number of carbonyl (C=O) groups is 1. The molecule has 140 valence electrons. The number of carbonyl (C=O) groups excluding carboxylic acids is 1. The lowest BCUT2D eigenvalue weighted by molar-refractivity contribution is -0.121. The SMILES string of the molecule is COCCn1nc(CNC(=O)CCC2CCCC2)c2ccccc2c1=O. The molecule has 0 bridgehead atoms. The summed E-state index contributed by atoms with van der Waals surface area (Å²) in [5, 5.41) is 8.84. The van der Waals surface area contributed by atoms with Crippen LogP contribution in [0.4, 0.5) is 0 Å². The summed E-state index contributed by atoms with van der Waals surface area (Å²) in [6, 6.07) is 7.40. The number of aromatic nitrogens is 2. The first kappa shape index (κ1) is 18.6. The van der Waals surface area contributed by atoms with Gasteiger partial charge in [-0.15, -0.1) is 0 Å². The minimum Gasteiger partial charge on any atom is -0.383 e. The molecule has 0 aliphatic heterocycles. The maximum atomic E-state index is 12.5. The molecule has 3 rings (SSSR count). The van der Waals surface area contributed by atoms with Crippen LogP contribution in [0.15, 0.2) is 29.1 Å². The second-order valence-corrected chi connectivity index (χ2v) is 6.98. The Morgan fingerprint density at radius 3 is 2.73 bits per heavy atom. The van der Waals surface area contributed by atoms with Gasteiger partial charge < -0.3 is 10.1 Å². The number of nitrogens with zero attached hydrogens (tertiary/aromatic N) is 2. The van der Waals surface area contributed by atoms with Crippen LogP contribution in [0.5, 0.6) is 0 Å². The molecule has 6 nitrogen and oxygen atoms in total. The van der Waals surface area contributed by atoms with Crippen molar-refractivity contribution in [1.29, 1.82) is 0 Å². The van der Waals surface area contributed by atoms with Crippen molar-refractivity contribution in [3.63, 3.8) is 0 Å². The number of fused-ring (bicyclic) bond motifs is 1. The maximum absolute atomic E-state index is 12.5. The van der Waals surface area contributed by atoms with E-state index in [1.165, 1.54) is 30.4 Å². The molecule has 0 unspecified atom stereocenters. The third-order valence-electron chi connectivity index (χ3n) is 5.16. The molecule has 1 aliphatic rings. The molecule has 0 saturated heterocycles. The number of methoxy groups -OCH3 is 1. The van der Waals surface area contributed by atoms with Crippen molar-refractivity contribution < 1.29 is 9.53 Å². The summed E-state index contributed by atoms with van der Waals surface area (Å²) in [5.74, 6) is 0.757. The monoisotopic (exact) mass is 357 g/mol. The van der Waals surface area contributed by atoms with Gasteiger partial charge >= 0.3 is 0 Å². The number of ether oxygens (including phenoxy) is 1. The van der Waals surface area contributed by atoms with Gasteiger partial charge in [-0.05, 0) is 18.4 Å². The lowest BCUT2D eigenvalue weighted by Gasteiger charge is -2.12. The predicted molar refractivity (Wildman–Crippen MR) is 101 cm³/mol. The van der Waals surface area contributed by atoms with E-state index in [4.69, 9.17) is 4.74 Å². The van der Waals surface area contributed by atoms with E-state index in [9.17, 15) is 9.59 Å². The zero-order valence-corrected chi connectivity index (χ0v) is 15.4. The largest absolute Gasteiger partial charge is 0.383 e. The molecular weight excluding hydrogens is 330 g/mol. The van der Waals surface area contributed by atoms with Gasteiger partial charge in [0.2, 0.25) is 5.91 Å². The fraction of sp³-hybridized carbons (Fsp3) is 0.550. The Morgan fingerprint density at radius 2 is 2.00 bits per heavy atom. The molecule has 0 atom stereocenters. The van der Waals surface area contributed by atoms with E-state index in [-0.39, 0.29) is 11.5 Å². The van der Waals surface area contributed by atoms with Gasteiger partial charge in [-0.3, -0.25) is 9.59 Å². The minimum atomic E-state index is -0.131. The molecule has 1 aliphatic carbocycles. The Bertz CT molecular complexity index is 810. The first-order chi connectivity index (χ1) is 12.7. The Morgan fingerprint density at radius 1 is 1.27 bits per heavy atom. The fourth-order valence-corrected chi connectivity index (χ4v) is 3.67. The third-order valence-corrected chi connectivity index (χ3v) is 5.16. The molecule has 26 heavy (non-hydrogen) atoms. The van der Waals surface area contributed by atoms with Crippen molar-refractivity contribution in [2.24, 2.45) is 5.92 Å². The van der Waals surface area contributed by atoms with Gasteiger partial charge in [0, 0.05) is 18.9 Å². The number of rotatable bonds is 8. The first-order valence-electron chi connectivity index (χ1n) is 9.43. The average molecular weight is 357 g/mol. The molecule has 1 aromatic heterocycles. The van der Waals surface area contributed by atoms with Crippen molar-refractivity contribution in [3.8, 4) is 0 Å². The standard InChI is InChI=1S/C20H27N3O3/c1-26-13-12-23-20(25)17-9-5-4-8-16(17)18(22-23)14-21-19(24)11-10-15-6-2-3-7-15/h4-5,8-9,15H,2-3,6-7,10-14H2,1H3,(H,21,24). The quantitative estimate of drug-likeness (QED) is 0.788. The van der Waals surface area contributed by atoms with E-state index in [0.29, 0.717) is 43.1 Å². The molecule has 1 N–H and O–H groups in total. The van der Waals surface area contributed by atoms with Crippen LogP contribution in [-0.4, -0.2) is 29.4 Å². The molecule has 1 aromatic carbocycles. The summed E-state index contributed by atoms with van der Waals surface area (Å²) < 4.78 is 6.48. The summed E-state index contributed by atoms with van der Waals surface area (Å²) in [6.07, 6.45) is 6.63. The lowest BCUT2D eigenvalue weighted by Crippen LogP contribution is -2.29. The second-order valence-electron chi connectivity index (χ2n) is 6.98. The molecular formula is C20H27N3O3. The van der Waals surface area contributed by atoms with Crippen molar-refractivity contribution in [2.45, 2.75) is 51.6 Å². The molecule has 0 spiro atoms. The highest BCUT2D eigenvalue weighted by Gasteiger charge is 2.16. The van der Waals surface area contributed by atoms with Crippen LogP contribution in [0.3, 0.4) is 0 Å². The Kier molecular flexibility index (Phi) is 6.39. The van der Waals surface area contributed by atoms with Gasteiger partial charge in [-0.1, -0.05) is 43.9 Å². The van der Waals surface area contributed by atoms with E-state index in [2.05, 4.69) is 10.4 Å². The lowest BCUT2D eigenvalue weighted by atomic mass is 10.0. The summed E-state index contributed by atoms with van der Waals surface area (Å²) >= 11 is 0. The fourth-order valence-electron chi connectivity index (χ4n) is 3.67. The van der Waals surface area contributed by atoms with E-state index in [1.54, 1.807) is 13.2 Å². The summed E-state index contributed by atoms with van der Waals surface area (Å²) in [6.45, 7) is 1.14. The van der Waals surface area contributed by atoms with Crippen molar-refractivity contribution in [2.75, 3.05) is 13.7 Å². The highest BCUT2D eigenvalue weighted by molar-refractivity contribution is 5.84. The Balaban J connectivity index is 1.70. The van der Waals surface area contributed by atoms with E-state index in [0.717, 1.165) is 11.8 Å². The van der Waals surface area contributed by atoms with Gasteiger partial charge in [0.05, 0.1) is 30.8 Å². The highest BCUT2D eigenvalue weighted by atomic mass is 16.5. The Labute approximate surface area is 153 Å². The number of amides is 1. The van der Waals surface area contributed by atoms with Crippen LogP contribution in [0, 0.1) is 5.92 Å². The zero-order valence-electron chi connectivity index (χ0n) is 15.4. The smallest absolute Gasteiger partial charge is 0.274 e. The van der Waals surface area contributed by atoms with Crippen LogP contribution in [0.25, 0.3) is 10.8 Å². The van der Waals surface area contributed by atoms with Crippen molar-refractivity contribution in [3.05, 3.63) is 40.3 Å². The van der Waals surface area contributed by atoms with Crippen LogP contribution in [0.1, 0.15) is 44.2 Å². The van der Waals surface area contributed by atoms with E-state index in [1.807, 2.05) is 18.2 Å². The first-order valence-corrected chi connectivity index (χ1v) is 9.43. The number of benzene rings is 1. The number of hydrogen-bond donors (Lipinski definition) is 1. The number of hydrogen-bond acceptors (Lipinski definition) is 4. The summed E-state index contributed by atoms with van der Waals surface area (Å²) in [5.41, 5.74) is 0.583. The number of nitrogens with one attached hydrogen (secondary N) is 1. The van der Waals surface area contributed by atoms with Gasteiger partial charge in [-0.25, -0.2) is 4.68 Å². The van der Waals surface area contributed by atoms with Gasteiger partial charge in [-0.2, -0.15) is 5.10 Å². The molecule has 6 heteroatoms. The molecule has 0 radical (unpaired) electrons. The van der Waals surface area contributed by atoms with Gasteiger partial charge in [0.25, 0.3) is 5.56 Å². The maximum Gasteiger partial charge on any atom is 0.274 e. The van der Waals surface area contributed by atoms with Crippen LogP contribution < -0.4 is 10.9 Å². The molecule has 1 saturated carbocycles. The van der Waals surface area contributed by atoms with Crippen molar-refractivity contribution >= 4 is 16.7 Å². The van der Waals surface area contributed by atoms with Crippen LogP contribution in [-0.2, 0) is 22.6 Å². The molecule has 1 amide bonds. The third kappa shape index (κ3) is 4.49. The van der Waals surface area contributed by atoms with Crippen LogP contribution >= 0.6 is 0 Å². The summed E-state index contributed by atoms with van der Waals surface area (Å²) in [7, 11) is 1.59. The van der Waals surface area contributed by atoms with Gasteiger partial charge in [0.15, 0.2) is 0 Å². The highest BCUT2D eigenvalue weighted by Crippen LogP contribution is 2.28. The van der Waals surface area contributed by atoms with Crippen LogP contribution in [0.2, 0.25) is 0 Å². The van der Waals surface area contributed by atoms with E-state index < -0.39 is 0 Å². The Hall–Kier alpha value is -2.21. The molecule has 2 aromatic rings. The zero-order chi connectivity index (χ0) is 18.4. The van der Waals surface area contributed by atoms with E-state index >= 15 is 0 Å². The summed E-state index contributed by atoms with van der Waals surface area (Å²) in [4.78, 5) is 24.7. The second kappa shape index (κ2) is 8.94. The normalized spacial score (nSPS) is 14.8. The predicted octanol–water partition coefficient (Wildman–Crippen LogP) is 2.63. The van der Waals surface area contributed by atoms with Crippen molar-refractivity contribution in [1.82, 2.24) is 15.1 Å². The average Bonchev–Trinajstić information content (AvgIpc) is 3.19. The van der Waals surface area contributed by atoms with Gasteiger partial charge in [0.1, 0.15) is 0 Å².